The Balaban J connectivity index is 4.95. The standard InChI is InChI=1S/C8H21O5PS/c1-5-6-7-8-15(4,11,13-3)14(9,10)12-2/h5-8H2,1-4H3,(H,9,10). The van der Waals surface area contributed by atoms with Crippen LogP contribution in [0.25, 0.3) is 0 Å². The van der Waals surface area contributed by atoms with E-state index in [0.717, 1.165) is 20.0 Å². The highest BCUT2D eigenvalue weighted by molar-refractivity contribution is 8.63. The van der Waals surface area contributed by atoms with Gasteiger partial charge in [-0.2, -0.15) is 4.21 Å². The topological polar surface area (TPSA) is 72.8 Å². The summed E-state index contributed by atoms with van der Waals surface area (Å²) in [6.45, 7) is -2.22. The highest BCUT2D eigenvalue weighted by atomic mass is 32.8. The van der Waals surface area contributed by atoms with Crippen molar-refractivity contribution in [2.24, 2.45) is 0 Å². The maximum atomic E-state index is 12.4. The molecule has 0 aromatic carbocycles. The van der Waals surface area contributed by atoms with E-state index in [1.54, 1.807) is 0 Å². The molecule has 0 fully saturated rings. The number of hydrogen-bond donors (Lipinski definition) is 1. The summed E-state index contributed by atoms with van der Waals surface area (Å²) in [4.78, 5) is 9.54. The molecule has 7 heteroatoms. The molecule has 0 aliphatic carbocycles. The molecule has 0 bridgehead atoms. The fraction of sp³-hybridized carbons (Fsp3) is 1.00. The van der Waals surface area contributed by atoms with E-state index in [2.05, 4.69) is 4.52 Å². The minimum atomic E-state index is -4.22. The van der Waals surface area contributed by atoms with Crippen molar-refractivity contribution in [1.29, 1.82) is 0 Å². The van der Waals surface area contributed by atoms with Crippen molar-refractivity contribution < 1.29 is 22.4 Å². The Kier molecular flexibility index (Phi) is 5.15. The monoisotopic (exact) mass is 260 g/mol. The lowest BCUT2D eigenvalue weighted by Gasteiger charge is -2.44. The molecule has 0 aliphatic rings. The van der Waals surface area contributed by atoms with Crippen LogP contribution in [0.1, 0.15) is 26.2 Å². The van der Waals surface area contributed by atoms with Gasteiger partial charge in [-0.1, -0.05) is 19.8 Å². The van der Waals surface area contributed by atoms with Crippen LogP contribution in [0, 0.1) is 0 Å². The summed E-state index contributed by atoms with van der Waals surface area (Å²) in [6.07, 6.45) is 3.56. The average molecular weight is 260 g/mol. The number of hydrogen-bond acceptors (Lipinski definition) is 4. The lowest BCUT2D eigenvalue weighted by Crippen LogP contribution is -2.36. The molecule has 94 valence electrons. The fourth-order valence-corrected chi connectivity index (χ4v) is 5.75. The van der Waals surface area contributed by atoms with Crippen LogP contribution in [0.5, 0.6) is 0 Å². The third-order valence-electron chi connectivity index (χ3n) is 2.45. The molecule has 0 spiro atoms. The van der Waals surface area contributed by atoms with E-state index in [-0.39, 0.29) is 5.75 Å². The van der Waals surface area contributed by atoms with Gasteiger partial charge in [-0.05, 0) is 6.42 Å². The Hall–Kier alpha value is 0.260. The Bertz CT molecular complexity index is 316. The van der Waals surface area contributed by atoms with Gasteiger partial charge in [-0.15, -0.1) is 8.97 Å². The van der Waals surface area contributed by atoms with Crippen LogP contribution in [0.2, 0.25) is 0 Å². The second-order valence-electron chi connectivity index (χ2n) is 3.62. The van der Waals surface area contributed by atoms with E-state index in [9.17, 15) is 13.7 Å². The van der Waals surface area contributed by atoms with Crippen LogP contribution >= 0.6 is 6.80 Å². The maximum Gasteiger partial charge on any atom is 0.438 e. The lowest BCUT2D eigenvalue weighted by molar-refractivity contribution is 0.319. The highest BCUT2D eigenvalue weighted by Crippen LogP contribution is 2.63. The Labute approximate surface area is 91.0 Å². The molecule has 0 rings (SSSR count). The third kappa shape index (κ3) is 3.11. The molecule has 0 saturated carbocycles. The predicted octanol–water partition coefficient (Wildman–Crippen LogP) is 1.93. The molecule has 0 radical (unpaired) electrons. The van der Waals surface area contributed by atoms with E-state index in [0.29, 0.717) is 6.42 Å². The summed E-state index contributed by atoms with van der Waals surface area (Å²) in [6, 6.07) is 0. The molecule has 1 unspecified atom stereocenters. The Morgan fingerprint density at radius 2 is 1.87 bits per heavy atom. The number of unbranched alkanes of at least 4 members (excludes halogenated alkanes) is 2. The molecule has 0 amide bonds. The van der Waals surface area contributed by atoms with Crippen molar-refractivity contribution >= 4 is 15.8 Å². The van der Waals surface area contributed by atoms with E-state index >= 15 is 0 Å². The van der Waals surface area contributed by atoms with Gasteiger partial charge in [0.1, 0.15) is 0 Å². The Morgan fingerprint density at radius 3 is 2.20 bits per heavy atom. The summed E-state index contributed by atoms with van der Waals surface area (Å²) in [5.41, 5.74) is 0. The van der Waals surface area contributed by atoms with Crippen LogP contribution in [-0.4, -0.2) is 35.3 Å². The van der Waals surface area contributed by atoms with Gasteiger partial charge < -0.3 is 4.89 Å². The van der Waals surface area contributed by atoms with E-state index in [1.807, 2.05) is 6.92 Å². The summed E-state index contributed by atoms with van der Waals surface area (Å²) in [7, 11) is -1.81. The van der Waals surface area contributed by atoms with Crippen molar-refractivity contribution in [2.75, 3.05) is 26.2 Å². The fourth-order valence-electron chi connectivity index (χ4n) is 1.16. The zero-order valence-corrected chi connectivity index (χ0v) is 11.5. The van der Waals surface area contributed by atoms with E-state index < -0.39 is 15.8 Å². The third-order valence-corrected chi connectivity index (χ3v) is 11.1. The maximum absolute atomic E-state index is 12.4. The molecule has 1 N–H and O–H groups in total. The van der Waals surface area contributed by atoms with Crippen molar-refractivity contribution in [3.63, 3.8) is 0 Å². The van der Waals surface area contributed by atoms with Crippen LogP contribution in [0.3, 0.4) is 0 Å². The minimum absolute atomic E-state index is 0.0587. The quantitative estimate of drug-likeness (QED) is 0.559. The average Bonchev–Trinajstić information content (AvgIpc) is 2.18. The smallest absolute Gasteiger partial charge is 0.309 e. The lowest BCUT2D eigenvalue weighted by atomic mass is 10.3. The van der Waals surface area contributed by atoms with Crippen LogP contribution < -0.4 is 0 Å². The zero-order valence-electron chi connectivity index (χ0n) is 9.76. The summed E-state index contributed by atoms with van der Waals surface area (Å²) in [5, 5.41) is 0. The van der Waals surface area contributed by atoms with Crippen molar-refractivity contribution in [1.82, 2.24) is 0 Å². The second kappa shape index (κ2) is 5.06. The Morgan fingerprint density at radius 1 is 1.33 bits per heavy atom. The first-order chi connectivity index (χ1) is 6.73. The normalized spacial score (nSPS) is 19.1. The molecular weight excluding hydrogens is 239 g/mol. The van der Waals surface area contributed by atoms with E-state index in [4.69, 9.17) is 4.18 Å². The van der Waals surface area contributed by atoms with Gasteiger partial charge >= 0.3 is 6.80 Å². The predicted molar refractivity (Wildman–Crippen MR) is 62.3 cm³/mol. The minimum Gasteiger partial charge on any atom is -0.309 e. The van der Waals surface area contributed by atoms with Gasteiger partial charge in [0.15, 0.2) is 0 Å². The van der Waals surface area contributed by atoms with Gasteiger partial charge in [-0.3, -0.25) is 8.71 Å². The zero-order chi connectivity index (χ0) is 12.2. The molecule has 5 nitrogen and oxygen atoms in total. The molecular formula is C8H21O5PS. The largest absolute Gasteiger partial charge is 0.438 e. The molecule has 0 saturated heterocycles. The molecule has 1 atom stereocenters. The van der Waals surface area contributed by atoms with E-state index in [1.165, 1.54) is 13.4 Å². The van der Waals surface area contributed by atoms with Crippen molar-refractivity contribution in [3.8, 4) is 0 Å². The van der Waals surface area contributed by atoms with Crippen molar-refractivity contribution in [2.45, 2.75) is 26.2 Å². The summed E-state index contributed by atoms with van der Waals surface area (Å²) < 4.78 is 33.4. The van der Waals surface area contributed by atoms with Gasteiger partial charge in [0.2, 0.25) is 0 Å². The molecule has 15 heavy (non-hydrogen) atoms. The van der Waals surface area contributed by atoms with Gasteiger partial charge in [0.05, 0.1) is 7.11 Å². The first kappa shape index (κ1) is 15.3. The molecule has 0 aliphatic heterocycles. The molecule has 0 heterocycles. The SMILES string of the molecule is CCCCCS(C)(=O)(OC)P(=O)(O)OC. The van der Waals surface area contributed by atoms with Gasteiger partial charge in [0.25, 0.3) is 0 Å². The summed E-state index contributed by atoms with van der Waals surface area (Å²) >= 11 is 0. The highest BCUT2D eigenvalue weighted by Gasteiger charge is 2.45. The van der Waals surface area contributed by atoms with Gasteiger partial charge in [-0.25, -0.2) is 4.57 Å². The molecule has 0 aromatic heterocycles. The van der Waals surface area contributed by atoms with Crippen LogP contribution in [0.4, 0.5) is 0 Å². The van der Waals surface area contributed by atoms with Crippen molar-refractivity contribution in [3.05, 3.63) is 0 Å². The van der Waals surface area contributed by atoms with Gasteiger partial charge in [0, 0.05) is 19.1 Å². The first-order valence-corrected chi connectivity index (χ1v) is 9.45. The summed E-state index contributed by atoms with van der Waals surface area (Å²) in [5.74, 6) is 0.0587. The van der Waals surface area contributed by atoms with Crippen LogP contribution in [0.15, 0.2) is 0 Å². The second-order valence-corrected chi connectivity index (χ2v) is 12.6. The van der Waals surface area contributed by atoms with Crippen LogP contribution in [-0.2, 0) is 22.2 Å². The number of rotatable bonds is 7. The first-order valence-electron chi connectivity index (χ1n) is 4.80. The molecule has 0 aromatic rings.